The Labute approximate surface area is 154 Å². The molecule has 0 aliphatic heterocycles. The van der Waals surface area contributed by atoms with Crippen molar-refractivity contribution in [2.45, 2.75) is 38.5 Å². The van der Waals surface area contributed by atoms with Gasteiger partial charge in [0, 0.05) is 0 Å². The number of hydrogen-bond donors (Lipinski definition) is 2. The maximum absolute atomic E-state index is 12.2. The second kappa shape index (κ2) is 8.82. The van der Waals surface area contributed by atoms with E-state index in [4.69, 9.17) is 4.74 Å². The highest BCUT2D eigenvalue weighted by atomic mass is 32.2. The molecule has 0 aliphatic carbocycles. The zero-order chi connectivity index (χ0) is 19.2. The van der Waals surface area contributed by atoms with Crippen LogP contribution in [0.3, 0.4) is 0 Å². The third kappa shape index (κ3) is 5.57. The van der Waals surface area contributed by atoms with Crippen molar-refractivity contribution in [2.24, 2.45) is 0 Å². The third-order valence-corrected chi connectivity index (χ3v) is 5.06. The Morgan fingerprint density at radius 3 is 2.42 bits per heavy atom. The largest absolute Gasteiger partial charge is 0.483 e. The van der Waals surface area contributed by atoms with Crippen LogP contribution in [0.5, 0.6) is 5.75 Å². The molecule has 0 saturated heterocycles. The van der Waals surface area contributed by atoms with Crippen LogP contribution in [0.4, 0.5) is 0 Å². The minimum atomic E-state index is -3.82. The van der Waals surface area contributed by atoms with Gasteiger partial charge in [-0.15, -0.1) is 4.83 Å². The highest BCUT2D eigenvalue weighted by Gasteiger charge is 2.15. The molecule has 0 aliphatic rings. The molecule has 7 heteroatoms. The van der Waals surface area contributed by atoms with Crippen molar-refractivity contribution in [1.29, 1.82) is 0 Å². The van der Waals surface area contributed by atoms with E-state index in [1.807, 2.05) is 32.0 Å². The molecule has 2 N–H and O–H groups in total. The summed E-state index contributed by atoms with van der Waals surface area (Å²) < 4.78 is 29.9. The van der Waals surface area contributed by atoms with Crippen molar-refractivity contribution in [3.63, 3.8) is 0 Å². The molecule has 0 heterocycles. The maximum atomic E-state index is 12.2. The highest BCUT2D eigenvalue weighted by Crippen LogP contribution is 2.18. The van der Waals surface area contributed by atoms with Gasteiger partial charge in [0.05, 0.1) is 4.90 Å². The Balaban J connectivity index is 1.90. The summed E-state index contributed by atoms with van der Waals surface area (Å²) in [6.45, 7) is 5.56. The van der Waals surface area contributed by atoms with Crippen LogP contribution in [0.25, 0.3) is 0 Å². The molecular formula is C19H24N2O4S. The van der Waals surface area contributed by atoms with E-state index < -0.39 is 15.9 Å². The summed E-state index contributed by atoms with van der Waals surface area (Å²) in [4.78, 5) is 14.0. The second-order valence-corrected chi connectivity index (χ2v) is 7.79. The number of amides is 1. The first-order valence-electron chi connectivity index (χ1n) is 8.41. The molecule has 2 aromatic rings. The first-order chi connectivity index (χ1) is 12.3. The van der Waals surface area contributed by atoms with Crippen LogP contribution in [0, 0.1) is 13.8 Å². The van der Waals surface area contributed by atoms with Gasteiger partial charge in [-0.2, -0.15) is 0 Å². The van der Waals surface area contributed by atoms with E-state index in [1.54, 1.807) is 12.1 Å². The maximum Gasteiger partial charge on any atom is 0.272 e. The number of ether oxygens (including phenoxy) is 1. The quantitative estimate of drug-likeness (QED) is 0.694. The van der Waals surface area contributed by atoms with Crippen LogP contribution in [0.2, 0.25) is 0 Å². The van der Waals surface area contributed by atoms with Crippen molar-refractivity contribution in [2.75, 3.05) is 6.61 Å². The molecule has 6 nitrogen and oxygen atoms in total. The van der Waals surface area contributed by atoms with E-state index >= 15 is 0 Å². The Morgan fingerprint density at radius 1 is 1.08 bits per heavy atom. The van der Waals surface area contributed by atoms with Gasteiger partial charge in [-0.3, -0.25) is 10.2 Å². The van der Waals surface area contributed by atoms with Crippen LogP contribution in [0.15, 0.2) is 47.4 Å². The van der Waals surface area contributed by atoms with E-state index in [-0.39, 0.29) is 11.5 Å². The SMILES string of the molecule is CCCc1ccc(S(=O)(=O)NNC(=O)COc2cc(C)ccc2C)cc1. The average Bonchev–Trinajstić information content (AvgIpc) is 2.61. The molecule has 0 bridgehead atoms. The van der Waals surface area contributed by atoms with Gasteiger partial charge in [0.15, 0.2) is 6.61 Å². The first-order valence-corrected chi connectivity index (χ1v) is 9.90. The Morgan fingerprint density at radius 2 is 1.77 bits per heavy atom. The summed E-state index contributed by atoms with van der Waals surface area (Å²) >= 11 is 0. The molecule has 0 unspecified atom stereocenters. The minimum Gasteiger partial charge on any atom is -0.483 e. The number of benzene rings is 2. The minimum absolute atomic E-state index is 0.0908. The zero-order valence-corrected chi connectivity index (χ0v) is 16.0. The number of sulfonamides is 1. The number of hydrogen-bond acceptors (Lipinski definition) is 4. The fraction of sp³-hybridized carbons (Fsp3) is 0.316. The predicted octanol–water partition coefficient (Wildman–Crippen LogP) is 2.64. The molecule has 0 aromatic heterocycles. The van der Waals surface area contributed by atoms with Crippen molar-refractivity contribution < 1.29 is 17.9 Å². The molecule has 2 rings (SSSR count). The van der Waals surface area contributed by atoms with E-state index in [0.717, 1.165) is 29.5 Å². The van der Waals surface area contributed by atoms with Gasteiger partial charge in [-0.1, -0.05) is 37.6 Å². The Bertz CT molecular complexity index is 862. The third-order valence-electron chi connectivity index (χ3n) is 3.80. The van der Waals surface area contributed by atoms with Gasteiger partial charge in [0.25, 0.3) is 15.9 Å². The number of carbonyl (C=O) groups is 1. The molecule has 1 amide bonds. The molecule has 0 fully saturated rings. The lowest BCUT2D eigenvalue weighted by molar-refractivity contribution is -0.123. The summed E-state index contributed by atoms with van der Waals surface area (Å²) in [5.41, 5.74) is 5.14. The molecule has 26 heavy (non-hydrogen) atoms. The lowest BCUT2D eigenvalue weighted by Gasteiger charge is -2.11. The summed E-state index contributed by atoms with van der Waals surface area (Å²) in [6, 6.07) is 12.2. The van der Waals surface area contributed by atoms with Gasteiger partial charge in [-0.25, -0.2) is 8.42 Å². The lowest BCUT2D eigenvalue weighted by Crippen LogP contribution is -2.43. The highest BCUT2D eigenvalue weighted by molar-refractivity contribution is 7.89. The van der Waals surface area contributed by atoms with Crippen LogP contribution in [-0.2, 0) is 21.2 Å². The van der Waals surface area contributed by atoms with E-state index in [2.05, 4.69) is 17.2 Å². The molecule has 140 valence electrons. The number of nitrogens with one attached hydrogen (secondary N) is 2. The molecular weight excluding hydrogens is 352 g/mol. The number of carbonyl (C=O) groups excluding carboxylic acids is 1. The average molecular weight is 376 g/mol. The summed E-state index contributed by atoms with van der Waals surface area (Å²) in [7, 11) is -3.82. The van der Waals surface area contributed by atoms with Crippen molar-refractivity contribution in [3.8, 4) is 5.75 Å². The molecule has 0 radical (unpaired) electrons. The molecule has 2 aromatic carbocycles. The van der Waals surface area contributed by atoms with Crippen molar-refractivity contribution >= 4 is 15.9 Å². The smallest absolute Gasteiger partial charge is 0.272 e. The summed E-state index contributed by atoms with van der Waals surface area (Å²) in [5, 5.41) is 0. The Kier molecular flexibility index (Phi) is 6.76. The molecule has 0 saturated carbocycles. The molecule has 0 atom stereocenters. The standard InChI is InChI=1S/C19H24N2O4S/c1-4-5-16-8-10-17(11-9-16)26(23,24)21-20-19(22)13-25-18-12-14(2)6-7-15(18)3/h6-12,21H,4-5,13H2,1-3H3,(H,20,22). The van der Waals surface area contributed by atoms with Gasteiger partial charge in [-0.05, 0) is 55.2 Å². The number of rotatable bonds is 8. The van der Waals surface area contributed by atoms with Gasteiger partial charge in [0.1, 0.15) is 5.75 Å². The van der Waals surface area contributed by atoms with Crippen LogP contribution >= 0.6 is 0 Å². The number of aryl methyl sites for hydroxylation is 3. The van der Waals surface area contributed by atoms with Crippen molar-refractivity contribution in [1.82, 2.24) is 10.3 Å². The van der Waals surface area contributed by atoms with E-state index in [0.29, 0.717) is 5.75 Å². The van der Waals surface area contributed by atoms with Crippen LogP contribution in [0.1, 0.15) is 30.0 Å². The zero-order valence-electron chi connectivity index (χ0n) is 15.2. The van der Waals surface area contributed by atoms with Gasteiger partial charge < -0.3 is 4.74 Å². The van der Waals surface area contributed by atoms with E-state index in [9.17, 15) is 13.2 Å². The predicted molar refractivity (Wildman–Crippen MR) is 100 cm³/mol. The Hall–Kier alpha value is -2.38. The van der Waals surface area contributed by atoms with Gasteiger partial charge >= 0.3 is 0 Å². The van der Waals surface area contributed by atoms with Crippen LogP contribution in [-0.4, -0.2) is 20.9 Å². The lowest BCUT2D eigenvalue weighted by atomic mass is 10.1. The second-order valence-electron chi connectivity index (χ2n) is 6.11. The fourth-order valence-electron chi connectivity index (χ4n) is 2.35. The summed E-state index contributed by atoms with van der Waals surface area (Å²) in [6.07, 6.45) is 1.88. The summed E-state index contributed by atoms with van der Waals surface area (Å²) in [5.74, 6) is 0.00612. The van der Waals surface area contributed by atoms with Crippen molar-refractivity contribution in [3.05, 3.63) is 59.2 Å². The first kappa shape index (κ1) is 19.9. The fourth-order valence-corrected chi connectivity index (χ4v) is 3.21. The monoisotopic (exact) mass is 376 g/mol. The number of hydrazine groups is 1. The van der Waals surface area contributed by atoms with E-state index in [1.165, 1.54) is 12.1 Å². The normalized spacial score (nSPS) is 11.2. The molecule has 0 spiro atoms. The van der Waals surface area contributed by atoms with Crippen LogP contribution < -0.4 is 15.0 Å². The van der Waals surface area contributed by atoms with Gasteiger partial charge in [0.2, 0.25) is 0 Å². The topological polar surface area (TPSA) is 84.5 Å².